The third-order valence-electron chi connectivity index (χ3n) is 2.48. The number of hydrogen-bond acceptors (Lipinski definition) is 2. The quantitative estimate of drug-likeness (QED) is 0.733. The van der Waals surface area contributed by atoms with Gasteiger partial charge in [-0.25, -0.2) is 8.78 Å². The summed E-state index contributed by atoms with van der Waals surface area (Å²) < 4.78 is 31.0. The summed E-state index contributed by atoms with van der Waals surface area (Å²) in [6.07, 6.45) is 1.91. The molecule has 0 atom stereocenters. The van der Waals surface area contributed by atoms with Crippen LogP contribution in [0.1, 0.15) is 12.8 Å². The number of piperidine rings is 1. The average molecular weight is 249 g/mol. The van der Waals surface area contributed by atoms with Crippen LogP contribution in [-0.4, -0.2) is 19.2 Å². The molecule has 5 heteroatoms. The van der Waals surface area contributed by atoms with Gasteiger partial charge in [0.15, 0.2) is 11.6 Å². The highest BCUT2D eigenvalue weighted by Gasteiger charge is 2.15. The molecule has 0 unspecified atom stereocenters. The Bertz CT molecular complexity index is 343. The molecule has 1 aliphatic heterocycles. The van der Waals surface area contributed by atoms with Gasteiger partial charge in [0.05, 0.1) is 0 Å². The molecule has 1 aromatic carbocycles. The number of nitrogens with one attached hydrogen (secondary N) is 1. The highest BCUT2D eigenvalue weighted by Crippen LogP contribution is 2.19. The van der Waals surface area contributed by atoms with Crippen LogP contribution in [0.2, 0.25) is 0 Å². The lowest BCUT2D eigenvalue weighted by atomic mass is 10.1. The largest absolute Gasteiger partial charge is 1.00 e. The molecule has 90 valence electrons. The minimum Gasteiger partial charge on any atom is -1.00 e. The first-order valence-electron chi connectivity index (χ1n) is 5.08. The van der Waals surface area contributed by atoms with Crippen LogP contribution in [0.3, 0.4) is 0 Å². The van der Waals surface area contributed by atoms with Crippen molar-refractivity contribution in [3.8, 4) is 5.75 Å². The van der Waals surface area contributed by atoms with E-state index in [-0.39, 0.29) is 18.5 Å². The Morgan fingerprint density at radius 1 is 1.12 bits per heavy atom. The van der Waals surface area contributed by atoms with Crippen molar-refractivity contribution in [2.24, 2.45) is 0 Å². The SMILES string of the molecule is Fc1ccc(OC2CCNCC2)cc1F.[Cl-]. The van der Waals surface area contributed by atoms with Gasteiger partial charge in [0.2, 0.25) is 0 Å². The zero-order chi connectivity index (χ0) is 10.7. The van der Waals surface area contributed by atoms with Crippen LogP contribution < -0.4 is 22.5 Å². The summed E-state index contributed by atoms with van der Waals surface area (Å²) in [6, 6.07) is 3.64. The minimum absolute atomic E-state index is 0. The minimum atomic E-state index is -0.860. The number of hydrogen-bond donors (Lipinski definition) is 1. The summed E-state index contributed by atoms with van der Waals surface area (Å²) in [4.78, 5) is 0. The summed E-state index contributed by atoms with van der Waals surface area (Å²) in [6.45, 7) is 1.82. The highest BCUT2D eigenvalue weighted by molar-refractivity contribution is 5.23. The van der Waals surface area contributed by atoms with E-state index in [1.54, 1.807) is 0 Å². The number of halogens is 3. The van der Waals surface area contributed by atoms with Gasteiger partial charge in [-0.2, -0.15) is 0 Å². The van der Waals surface area contributed by atoms with E-state index >= 15 is 0 Å². The topological polar surface area (TPSA) is 21.3 Å². The maximum atomic E-state index is 12.9. The average Bonchev–Trinajstić information content (AvgIpc) is 2.25. The first-order valence-corrected chi connectivity index (χ1v) is 5.08. The number of rotatable bonds is 2. The molecular weight excluding hydrogens is 236 g/mol. The summed E-state index contributed by atoms with van der Waals surface area (Å²) >= 11 is 0. The molecule has 0 radical (unpaired) electrons. The van der Waals surface area contributed by atoms with Gasteiger partial charge in [-0.05, 0) is 38.1 Å². The lowest BCUT2D eigenvalue weighted by Gasteiger charge is -2.23. The smallest absolute Gasteiger partial charge is 0.162 e. The van der Waals surface area contributed by atoms with Gasteiger partial charge in [-0.1, -0.05) is 0 Å². The van der Waals surface area contributed by atoms with Crippen LogP contribution in [0.5, 0.6) is 5.75 Å². The molecular formula is C11H13ClF2NO-. The summed E-state index contributed by atoms with van der Waals surface area (Å²) in [7, 11) is 0. The second-order valence-electron chi connectivity index (χ2n) is 3.64. The fourth-order valence-corrected chi connectivity index (χ4v) is 1.66. The molecule has 1 aromatic rings. The standard InChI is InChI=1S/C11H13F2NO.ClH/c12-10-2-1-9(7-11(10)13)15-8-3-5-14-6-4-8;/h1-2,7-8,14H,3-6H2;1H/p-1. The van der Waals surface area contributed by atoms with E-state index in [2.05, 4.69) is 5.32 Å². The van der Waals surface area contributed by atoms with Crippen molar-refractivity contribution < 1.29 is 25.9 Å². The van der Waals surface area contributed by atoms with Crippen molar-refractivity contribution in [2.75, 3.05) is 13.1 Å². The zero-order valence-electron chi connectivity index (χ0n) is 8.68. The third-order valence-corrected chi connectivity index (χ3v) is 2.48. The fraction of sp³-hybridized carbons (Fsp3) is 0.455. The summed E-state index contributed by atoms with van der Waals surface area (Å²) in [5, 5.41) is 3.21. The highest BCUT2D eigenvalue weighted by atomic mass is 35.5. The van der Waals surface area contributed by atoms with Crippen LogP contribution >= 0.6 is 0 Å². The van der Waals surface area contributed by atoms with Gasteiger partial charge in [0, 0.05) is 6.07 Å². The predicted octanol–water partition coefficient (Wildman–Crippen LogP) is -0.900. The monoisotopic (exact) mass is 248 g/mol. The molecule has 1 saturated heterocycles. The molecule has 16 heavy (non-hydrogen) atoms. The second kappa shape index (κ2) is 6.01. The zero-order valence-corrected chi connectivity index (χ0v) is 9.44. The molecule has 0 bridgehead atoms. The molecule has 0 aliphatic carbocycles. The third kappa shape index (κ3) is 3.32. The van der Waals surface area contributed by atoms with Gasteiger partial charge >= 0.3 is 0 Å². The van der Waals surface area contributed by atoms with Crippen molar-refractivity contribution in [3.63, 3.8) is 0 Å². The first kappa shape index (κ1) is 13.2. The van der Waals surface area contributed by atoms with E-state index in [4.69, 9.17) is 4.74 Å². The van der Waals surface area contributed by atoms with Crippen LogP contribution in [0, 0.1) is 11.6 Å². The summed E-state index contributed by atoms with van der Waals surface area (Å²) in [5.41, 5.74) is 0. The lowest BCUT2D eigenvalue weighted by Crippen LogP contribution is -3.00. The Labute approximate surface area is 99.4 Å². The number of benzene rings is 1. The Balaban J connectivity index is 0.00000128. The molecule has 2 rings (SSSR count). The van der Waals surface area contributed by atoms with Crippen LogP contribution in [-0.2, 0) is 0 Å². The Kier molecular flexibility index (Phi) is 4.96. The lowest BCUT2D eigenvalue weighted by molar-refractivity contribution is -0.00000548. The second-order valence-corrected chi connectivity index (χ2v) is 3.64. The molecule has 1 heterocycles. The maximum absolute atomic E-state index is 12.9. The van der Waals surface area contributed by atoms with E-state index in [1.165, 1.54) is 6.07 Å². The molecule has 1 N–H and O–H groups in total. The normalized spacial score (nSPS) is 16.6. The molecule has 0 spiro atoms. The van der Waals surface area contributed by atoms with E-state index in [0.717, 1.165) is 38.1 Å². The maximum Gasteiger partial charge on any atom is 0.162 e. The van der Waals surface area contributed by atoms with Crippen molar-refractivity contribution in [2.45, 2.75) is 18.9 Å². The Morgan fingerprint density at radius 2 is 1.81 bits per heavy atom. The molecule has 1 aliphatic rings. The molecule has 0 saturated carbocycles. The van der Waals surface area contributed by atoms with Crippen molar-refractivity contribution in [3.05, 3.63) is 29.8 Å². The molecule has 0 amide bonds. The van der Waals surface area contributed by atoms with Crippen LogP contribution in [0.15, 0.2) is 18.2 Å². The van der Waals surface area contributed by atoms with Crippen LogP contribution in [0.25, 0.3) is 0 Å². The molecule has 1 fully saturated rings. The van der Waals surface area contributed by atoms with Gasteiger partial charge in [-0.15, -0.1) is 0 Å². The Morgan fingerprint density at radius 3 is 2.44 bits per heavy atom. The summed E-state index contributed by atoms with van der Waals surface area (Å²) in [5.74, 6) is -1.30. The first-order chi connectivity index (χ1) is 7.25. The van der Waals surface area contributed by atoms with E-state index < -0.39 is 11.6 Å². The van der Waals surface area contributed by atoms with E-state index in [1.807, 2.05) is 0 Å². The van der Waals surface area contributed by atoms with Gasteiger partial charge in [-0.3, -0.25) is 0 Å². The molecule has 2 nitrogen and oxygen atoms in total. The van der Waals surface area contributed by atoms with Gasteiger partial charge < -0.3 is 22.5 Å². The fourth-order valence-electron chi connectivity index (χ4n) is 1.66. The van der Waals surface area contributed by atoms with Gasteiger partial charge in [0.1, 0.15) is 11.9 Å². The number of ether oxygens (including phenoxy) is 1. The predicted molar refractivity (Wildman–Crippen MR) is 52.9 cm³/mol. The Hall–Kier alpha value is -0.870. The van der Waals surface area contributed by atoms with Crippen molar-refractivity contribution in [1.29, 1.82) is 0 Å². The van der Waals surface area contributed by atoms with Crippen molar-refractivity contribution >= 4 is 0 Å². The van der Waals surface area contributed by atoms with Crippen molar-refractivity contribution in [1.82, 2.24) is 5.32 Å². The molecule has 0 aromatic heterocycles. The van der Waals surface area contributed by atoms with E-state index in [0.29, 0.717) is 5.75 Å². The van der Waals surface area contributed by atoms with E-state index in [9.17, 15) is 8.78 Å². The van der Waals surface area contributed by atoms with Crippen LogP contribution in [0.4, 0.5) is 8.78 Å². The van der Waals surface area contributed by atoms with Gasteiger partial charge in [0.25, 0.3) is 0 Å².